The van der Waals surface area contributed by atoms with Crippen molar-refractivity contribution in [1.82, 2.24) is 19.5 Å². The topological polar surface area (TPSA) is 75.9 Å². The molecule has 1 N–H and O–H groups in total. The summed E-state index contributed by atoms with van der Waals surface area (Å²) in [6.45, 7) is 3.40. The number of nitrogens with zero attached hydrogens (tertiary/aromatic N) is 5. The molecule has 0 radical (unpaired) electrons. The van der Waals surface area contributed by atoms with Crippen LogP contribution in [0.2, 0.25) is 10.0 Å². The average Bonchev–Trinajstić information content (AvgIpc) is 3.17. The van der Waals surface area contributed by atoms with Crippen molar-refractivity contribution in [2.75, 3.05) is 23.3 Å². The SMILES string of the molecule is Cc1nccn1-c1cc(N2CCC(C(=O)Nc3cc(Cl)ccc3Cl)CC2)ncn1. The Balaban J connectivity index is 1.40. The largest absolute Gasteiger partial charge is 0.356 e. The van der Waals surface area contributed by atoms with Crippen molar-refractivity contribution in [3.8, 4) is 5.82 Å². The normalized spacial score (nSPS) is 14.8. The molecule has 0 bridgehead atoms. The third kappa shape index (κ3) is 4.36. The number of benzene rings is 1. The molecule has 1 fully saturated rings. The molecule has 0 aliphatic carbocycles. The van der Waals surface area contributed by atoms with Gasteiger partial charge in [0, 0.05) is 42.5 Å². The average molecular weight is 431 g/mol. The van der Waals surface area contributed by atoms with Crippen LogP contribution in [0.15, 0.2) is 43.0 Å². The van der Waals surface area contributed by atoms with E-state index in [-0.39, 0.29) is 11.8 Å². The lowest BCUT2D eigenvalue weighted by Gasteiger charge is -2.32. The molecule has 1 aromatic carbocycles. The number of carbonyl (C=O) groups excluding carboxylic acids is 1. The van der Waals surface area contributed by atoms with Crippen molar-refractivity contribution < 1.29 is 4.79 Å². The molecule has 150 valence electrons. The first-order valence-corrected chi connectivity index (χ1v) is 10.1. The van der Waals surface area contributed by atoms with E-state index >= 15 is 0 Å². The molecular weight excluding hydrogens is 411 g/mol. The van der Waals surface area contributed by atoms with Crippen LogP contribution in [0.3, 0.4) is 0 Å². The molecule has 0 saturated carbocycles. The summed E-state index contributed by atoms with van der Waals surface area (Å²) in [6, 6.07) is 6.98. The zero-order chi connectivity index (χ0) is 20.4. The number of hydrogen-bond donors (Lipinski definition) is 1. The summed E-state index contributed by atoms with van der Waals surface area (Å²) >= 11 is 12.1. The summed E-state index contributed by atoms with van der Waals surface area (Å²) < 4.78 is 1.92. The minimum Gasteiger partial charge on any atom is -0.356 e. The Morgan fingerprint density at radius 1 is 1.10 bits per heavy atom. The first kappa shape index (κ1) is 19.7. The van der Waals surface area contributed by atoms with Crippen LogP contribution in [0.5, 0.6) is 0 Å². The van der Waals surface area contributed by atoms with Crippen molar-refractivity contribution in [2.45, 2.75) is 19.8 Å². The molecular formula is C20H20Cl2N6O. The highest BCUT2D eigenvalue weighted by Gasteiger charge is 2.26. The van der Waals surface area contributed by atoms with Gasteiger partial charge >= 0.3 is 0 Å². The van der Waals surface area contributed by atoms with E-state index in [1.54, 1.807) is 30.7 Å². The molecule has 1 aliphatic rings. The third-order valence-electron chi connectivity index (χ3n) is 5.09. The minimum absolute atomic E-state index is 0.0359. The van der Waals surface area contributed by atoms with E-state index in [4.69, 9.17) is 23.2 Å². The maximum Gasteiger partial charge on any atom is 0.227 e. The maximum absolute atomic E-state index is 12.7. The summed E-state index contributed by atoms with van der Waals surface area (Å²) in [5.74, 6) is 2.37. The molecule has 29 heavy (non-hydrogen) atoms. The number of amides is 1. The minimum atomic E-state index is -0.0847. The van der Waals surface area contributed by atoms with Crippen molar-refractivity contribution in [3.05, 3.63) is 58.9 Å². The van der Waals surface area contributed by atoms with Gasteiger partial charge in [-0.2, -0.15) is 0 Å². The lowest BCUT2D eigenvalue weighted by Crippen LogP contribution is -2.38. The van der Waals surface area contributed by atoms with Crippen LogP contribution >= 0.6 is 23.2 Å². The fraction of sp³-hybridized carbons (Fsp3) is 0.300. The smallest absolute Gasteiger partial charge is 0.227 e. The van der Waals surface area contributed by atoms with E-state index in [2.05, 4.69) is 25.2 Å². The van der Waals surface area contributed by atoms with E-state index in [1.807, 2.05) is 23.8 Å². The van der Waals surface area contributed by atoms with Gasteiger partial charge in [-0.3, -0.25) is 9.36 Å². The van der Waals surface area contributed by atoms with E-state index in [0.717, 1.165) is 43.4 Å². The molecule has 1 saturated heterocycles. The van der Waals surface area contributed by atoms with Gasteiger partial charge in [0.2, 0.25) is 5.91 Å². The number of rotatable bonds is 4. The molecule has 0 spiro atoms. The standard InChI is InChI=1S/C20H20Cl2N6O/c1-13-23-6-9-28(13)19-11-18(24-12-25-19)27-7-4-14(5-8-27)20(29)26-17-10-15(21)2-3-16(17)22/h2-3,6,9-12,14H,4-5,7-8H2,1H3,(H,26,29). The van der Waals surface area contributed by atoms with Crippen LogP contribution in [0.1, 0.15) is 18.7 Å². The number of hydrogen-bond acceptors (Lipinski definition) is 5. The molecule has 3 aromatic rings. The van der Waals surface area contributed by atoms with E-state index in [9.17, 15) is 4.79 Å². The van der Waals surface area contributed by atoms with Crippen LogP contribution in [-0.2, 0) is 4.79 Å². The van der Waals surface area contributed by atoms with Gasteiger partial charge in [-0.1, -0.05) is 23.2 Å². The number of anilines is 2. The number of imidazole rings is 1. The summed E-state index contributed by atoms with van der Waals surface area (Å²) in [7, 11) is 0. The van der Waals surface area contributed by atoms with Gasteiger partial charge in [0.15, 0.2) is 0 Å². The molecule has 3 heterocycles. The second kappa shape index (κ2) is 8.39. The number of aromatic nitrogens is 4. The number of halogens is 2. The Kier molecular flexibility index (Phi) is 5.69. The summed E-state index contributed by atoms with van der Waals surface area (Å²) in [6.07, 6.45) is 6.64. The first-order chi connectivity index (χ1) is 14.0. The van der Waals surface area contributed by atoms with Crippen molar-refractivity contribution in [3.63, 3.8) is 0 Å². The Bertz CT molecular complexity index is 1030. The van der Waals surface area contributed by atoms with Gasteiger partial charge in [0.25, 0.3) is 0 Å². The second-order valence-corrected chi connectivity index (χ2v) is 7.80. The van der Waals surface area contributed by atoms with Crippen LogP contribution in [0, 0.1) is 12.8 Å². The molecule has 4 rings (SSSR count). The maximum atomic E-state index is 12.7. The highest BCUT2D eigenvalue weighted by molar-refractivity contribution is 6.35. The second-order valence-electron chi connectivity index (χ2n) is 6.95. The number of nitrogens with one attached hydrogen (secondary N) is 1. The fourth-order valence-corrected chi connectivity index (χ4v) is 3.80. The predicted octanol–water partition coefficient (Wildman–Crippen LogP) is 4.13. The monoisotopic (exact) mass is 430 g/mol. The van der Waals surface area contributed by atoms with Gasteiger partial charge in [-0.05, 0) is 38.0 Å². The van der Waals surface area contributed by atoms with E-state index in [1.165, 1.54) is 0 Å². The molecule has 0 unspecified atom stereocenters. The molecule has 1 amide bonds. The first-order valence-electron chi connectivity index (χ1n) is 9.34. The van der Waals surface area contributed by atoms with Crippen LogP contribution in [0.25, 0.3) is 5.82 Å². The summed E-state index contributed by atoms with van der Waals surface area (Å²) in [5, 5.41) is 3.91. The zero-order valence-corrected chi connectivity index (χ0v) is 17.4. The fourth-order valence-electron chi connectivity index (χ4n) is 3.46. The highest BCUT2D eigenvalue weighted by atomic mass is 35.5. The third-order valence-corrected chi connectivity index (χ3v) is 5.65. The van der Waals surface area contributed by atoms with Gasteiger partial charge in [-0.15, -0.1) is 0 Å². The zero-order valence-electron chi connectivity index (χ0n) is 15.8. The number of piperidine rings is 1. The quantitative estimate of drug-likeness (QED) is 0.672. The summed E-state index contributed by atoms with van der Waals surface area (Å²) in [4.78, 5) is 27.8. The summed E-state index contributed by atoms with van der Waals surface area (Å²) in [5.41, 5.74) is 0.544. The number of carbonyl (C=O) groups is 1. The van der Waals surface area contributed by atoms with E-state index in [0.29, 0.717) is 15.7 Å². The van der Waals surface area contributed by atoms with E-state index < -0.39 is 0 Å². The van der Waals surface area contributed by atoms with Gasteiger partial charge < -0.3 is 10.2 Å². The highest BCUT2D eigenvalue weighted by Crippen LogP contribution is 2.28. The molecule has 9 heteroatoms. The Morgan fingerprint density at radius 2 is 1.86 bits per heavy atom. The van der Waals surface area contributed by atoms with Gasteiger partial charge in [0.1, 0.15) is 23.8 Å². The Hall–Kier alpha value is -2.64. The van der Waals surface area contributed by atoms with Gasteiger partial charge in [0.05, 0.1) is 10.7 Å². The van der Waals surface area contributed by atoms with Crippen molar-refractivity contribution in [1.29, 1.82) is 0 Å². The Morgan fingerprint density at radius 3 is 2.59 bits per heavy atom. The molecule has 2 aromatic heterocycles. The molecule has 0 atom stereocenters. The molecule has 1 aliphatic heterocycles. The van der Waals surface area contributed by atoms with Gasteiger partial charge in [-0.25, -0.2) is 15.0 Å². The van der Waals surface area contributed by atoms with Crippen molar-refractivity contribution in [2.24, 2.45) is 5.92 Å². The predicted molar refractivity (Wildman–Crippen MR) is 114 cm³/mol. The lowest BCUT2D eigenvalue weighted by atomic mass is 9.96. The van der Waals surface area contributed by atoms with Crippen LogP contribution in [0.4, 0.5) is 11.5 Å². The Labute approximate surface area is 178 Å². The van der Waals surface area contributed by atoms with Crippen LogP contribution in [-0.4, -0.2) is 38.5 Å². The molecule has 7 nitrogen and oxygen atoms in total. The van der Waals surface area contributed by atoms with Crippen molar-refractivity contribution >= 4 is 40.6 Å². The lowest BCUT2D eigenvalue weighted by molar-refractivity contribution is -0.120. The van der Waals surface area contributed by atoms with Crippen LogP contribution < -0.4 is 10.2 Å². The number of aryl methyl sites for hydroxylation is 1.